The van der Waals surface area contributed by atoms with E-state index in [0.717, 1.165) is 35.4 Å². The van der Waals surface area contributed by atoms with Gasteiger partial charge in [-0.1, -0.05) is 19.1 Å². The predicted octanol–water partition coefficient (Wildman–Crippen LogP) is 5.16. The standard InChI is InChI=1S/C32H36FN3O6/c1-20-25(24-8-7-22(33)17-27(24)26(20)18-30(37)34-19-23-6-5-13-41-23)14-21-15-28(39-3)31(29(16-21)40-4)42-32(38)36-11-9-35(2)10-12-36/h5-8,13-17,20,26H,9-12,18-19H2,1-4H3,(H,34,37)/b25-14-. The van der Waals surface area contributed by atoms with Crippen molar-refractivity contribution in [1.29, 1.82) is 0 Å². The van der Waals surface area contributed by atoms with Gasteiger partial charge < -0.3 is 33.7 Å². The van der Waals surface area contributed by atoms with Crippen LogP contribution in [0, 0.1) is 11.7 Å². The van der Waals surface area contributed by atoms with Crippen LogP contribution in [0.3, 0.4) is 0 Å². The number of rotatable bonds is 8. The van der Waals surface area contributed by atoms with Crippen LogP contribution in [0.25, 0.3) is 11.6 Å². The van der Waals surface area contributed by atoms with Gasteiger partial charge in [-0.15, -0.1) is 0 Å². The van der Waals surface area contributed by atoms with Gasteiger partial charge in [-0.25, -0.2) is 9.18 Å². The summed E-state index contributed by atoms with van der Waals surface area (Å²) >= 11 is 0. The molecule has 1 N–H and O–H groups in total. The van der Waals surface area contributed by atoms with Gasteiger partial charge in [0.15, 0.2) is 11.5 Å². The number of likely N-dealkylation sites (N-methyl/N-ethyl adjacent to an activating group) is 1. The van der Waals surface area contributed by atoms with Crippen molar-refractivity contribution in [1.82, 2.24) is 15.1 Å². The van der Waals surface area contributed by atoms with Crippen LogP contribution in [0.15, 0.2) is 53.1 Å². The van der Waals surface area contributed by atoms with Crippen molar-refractivity contribution in [3.8, 4) is 17.2 Å². The molecular formula is C32H36FN3O6. The summed E-state index contributed by atoms with van der Waals surface area (Å²) in [5.74, 6) is 0.779. The lowest BCUT2D eigenvalue weighted by Crippen LogP contribution is -2.48. The summed E-state index contributed by atoms with van der Waals surface area (Å²) in [5.41, 5.74) is 3.39. The number of nitrogens with zero attached hydrogens (tertiary/aromatic N) is 2. The number of hydrogen-bond donors (Lipinski definition) is 1. The number of allylic oxidation sites excluding steroid dienone is 1. The molecule has 2 amide bonds. The van der Waals surface area contributed by atoms with E-state index in [9.17, 15) is 14.0 Å². The lowest BCUT2D eigenvalue weighted by molar-refractivity contribution is -0.121. The normalized spacial score (nSPS) is 19.5. The Balaban J connectivity index is 1.40. The first-order valence-electron chi connectivity index (χ1n) is 14.0. The number of benzene rings is 2. The fraction of sp³-hybridized carbons (Fsp3) is 0.375. The molecule has 2 aromatic carbocycles. The van der Waals surface area contributed by atoms with Gasteiger partial charge in [-0.05, 0) is 77.5 Å². The van der Waals surface area contributed by atoms with Gasteiger partial charge >= 0.3 is 6.09 Å². The Labute approximate surface area is 244 Å². The van der Waals surface area contributed by atoms with Crippen molar-refractivity contribution in [3.63, 3.8) is 0 Å². The molecule has 0 bridgehead atoms. The summed E-state index contributed by atoms with van der Waals surface area (Å²) in [4.78, 5) is 29.6. The van der Waals surface area contributed by atoms with E-state index in [-0.39, 0.29) is 42.3 Å². The molecule has 0 saturated carbocycles. The summed E-state index contributed by atoms with van der Waals surface area (Å²) in [7, 11) is 5.03. The minimum Gasteiger partial charge on any atom is -0.493 e. The molecule has 1 saturated heterocycles. The Morgan fingerprint density at radius 1 is 1.07 bits per heavy atom. The van der Waals surface area contributed by atoms with Crippen LogP contribution in [0.5, 0.6) is 17.2 Å². The maximum absolute atomic E-state index is 14.4. The molecule has 9 nitrogen and oxygen atoms in total. The van der Waals surface area contributed by atoms with E-state index < -0.39 is 6.09 Å². The van der Waals surface area contributed by atoms with E-state index in [2.05, 4.69) is 10.2 Å². The zero-order valence-electron chi connectivity index (χ0n) is 24.3. The molecule has 2 unspecified atom stereocenters. The van der Waals surface area contributed by atoms with Crippen LogP contribution in [0.4, 0.5) is 9.18 Å². The maximum atomic E-state index is 14.4. The molecule has 1 aliphatic heterocycles. The molecule has 1 aromatic heterocycles. The molecule has 2 heterocycles. The lowest BCUT2D eigenvalue weighted by atomic mass is 9.88. The molecule has 222 valence electrons. The molecule has 3 aromatic rings. The second kappa shape index (κ2) is 12.7. The monoisotopic (exact) mass is 577 g/mol. The summed E-state index contributed by atoms with van der Waals surface area (Å²) in [6, 6.07) is 11.8. The number of carbonyl (C=O) groups is 2. The molecule has 0 radical (unpaired) electrons. The van der Waals surface area contributed by atoms with Gasteiger partial charge in [-0.3, -0.25) is 4.79 Å². The third-order valence-electron chi connectivity index (χ3n) is 8.02. The van der Waals surface area contributed by atoms with Crippen molar-refractivity contribution in [3.05, 3.63) is 77.0 Å². The third kappa shape index (κ3) is 6.28. The zero-order valence-corrected chi connectivity index (χ0v) is 24.3. The molecule has 42 heavy (non-hydrogen) atoms. The minimum absolute atomic E-state index is 0.0807. The summed E-state index contributed by atoms with van der Waals surface area (Å²) in [5, 5.41) is 2.89. The Morgan fingerprint density at radius 3 is 2.43 bits per heavy atom. The second-order valence-electron chi connectivity index (χ2n) is 10.7. The van der Waals surface area contributed by atoms with Crippen LogP contribution >= 0.6 is 0 Å². The number of piperazine rings is 1. The number of hydrogen-bond acceptors (Lipinski definition) is 7. The molecule has 5 rings (SSSR count). The van der Waals surface area contributed by atoms with Crippen molar-refractivity contribution in [2.75, 3.05) is 47.4 Å². The Kier molecular flexibility index (Phi) is 8.82. The first-order valence-corrected chi connectivity index (χ1v) is 14.0. The van der Waals surface area contributed by atoms with E-state index in [1.54, 1.807) is 41.5 Å². The van der Waals surface area contributed by atoms with Crippen molar-refractivity contribution in [2.24, 2.45) is 5.92 Å². The SMILES string of the molecule is COc1cc(/C=C2\c3ccc(F)cc3C(CC(=O)NCc3ccco3)C2C)cc(OC)c1OC(=O)N1CCN(C)CC1. The number of fused-ring (bicyclic) bond motifs is 1. The van der Waals surface area contributed by atoms with Gasteiger partial charge in [0.1, 0.15) is 11.6 Å². The highest BCUT2D eigenvalue weighted by Crippen LogP contribution is 2.49. The largest absolute Gasteiger partial charge is 0.493 e. The van der Waals surface area contributed by atoms with Gasteiger partial charge in [0, 0.05) is 32.6 Å². The smallest absolute Gasteiger partial charge is 0.415 e. The Morgan fingerprint density at radius 2 is 1.79 bits per heavy atom. The summed E-state index contributed by atoms with van der Waals surface area (Å²) < 4.78 is 36.7. The molecule has 1 fully saturated rings. The van der Waals surface area contributed by atoms with E-state index in [4.69, 9.17) is 18.6 Å². The van der Waals surface area contributed by atoms with Gasteiger partial charge in [0.05, 0.1) is 27.0 Å². The fourth-order valence-corrected chi connectivity index (χ4v) is 5.61. The molecule has 0 spiro atoms. The zero-order chi connectivity index (χ0) is 29.8. The highest BCUT2D eigenvalue weighted by atomic mass is 19.1. The number of amides is 2. The van der Waals surface area contributed by atoms with Crippen LogP contribution < -0.4 is 19.5 Å². The quantitative estimate of drug-likeness (QED) is 0.395. The highest BCUT2D eigenvalue weighted by molar-refractivity contribution is 5.90. The topological polar surface area (TPSA) is 93.5 Å². The number of furan rings is 1. The first kappa shape index (κ1) is 29.2. The number of nitrogens with one attached hydrogen (secondary N) is 1. The van der Waals surface area contributed by atoms with E-state index in [1.165, 1.54) is 26.4 Å². The summed E-state index contributed by atoms with van der Waals surface area (Å²) in [6.07, 6.45) is 3.28. The molecule has 10 heteroatoms. The van der Waals surface area contributed by atoms with Crippen LogP contribution in [0.2, 0.25) is 0 Å². The Bertz CT molecular complexity index is 1440. The van der Waals surface area contributed by atoms with E-state index >= 15 is 0 Å². The first-order chi connectivity index (χ1) is 20.3. The average molecular weight is 578 g/mol. The minimum atomic E-state index is -0.459. The molecule has 1 aliphatic carbocycles. The average Bonchev–Trinajstić information content (AvgIpc) is 3.59. The number of ether oxygens (including phenoxy) is 3. The number of halogens is 1. The Hall–Kier alpha value is -4.31. The maximum Gasteiger partial charge on any atom is 0.415 e. The predicted molar refractivity (Wildman–Crippen MR) is 156 cm³/mol. The highest BCUT2D eigenvalue weighted by Gasteiger charge is 2.35. The van der Waals surface area contributed by atoms with Crippen molar-refractivity contribution in [2.45, 2.75) is 25.8 Å². The molecule has 2 atom stereocenters. The molecular weight excluding hydrogens is 541 g/mol. The number of carbonyl (C=O) groups excluding carboxylic acids is 2. The fourth-order valence-electron chi connectivity index (χ4n) is 5.61. The lowest BCUT2D eigenvalue weighted by Gasteiger charge is -2.31. The van der Waals surface area contributed by atoms with E-state index in [1.807, 2.05) is 20.0 Å². The van der Waals surface area contributed by atoms with Gasteiger partial charge in [-0.2, -0.15) is 0 Å². The van der Waals surface area contributed by atoms with Crippen LogP contribution in [-0.4, -0.2) is 69.2 Å². The summed E-state index contributed by atoms with van der Waals surface area (Å²) in [6.45, 7) is 5.01. The van der Waals surface area contributed by atoms with E-state index in [0.29, 0.717) is 30.3 Å². The molecule has 2 aliphatic rings. The second-order valence-corrected chi connectivity index (χ2v) is 10.7. The van der Waals surface area contributed by atoms with Crippen molar-refractivity contribution < 1.29 is 32.6 Å². The van der Waals surface area contributed by atoms with Crippen molar-refractivity contribution >= 4 is 23.6 Å². The van der Waals surface area contributed by atoms with Crippen LogP contribution in [0.1, 0.15) is 41.7 Å². The van der Waals surface area contributed by atoms with Crippen LogP contribution in [-0.2, 0) is 11.3 Å². The van der Waals surface area contributed by atoms with Gasteiger partial charge in [0.2, 0.25) is 11.7 Å². The number of methoxy groups -OCH3 is 2. The van der Waals surface area contributed by atoms with Gasteiger partial charge in [0.25, 0.3) is 0 Å². The third-order valence-corrected chi connectivity index (χ3v) is 8.02.